The van der Waals surface area contributed by atoms with E-state index in [2.05, 4.69) is 25.7 Å². The Balaban J connectivity index is 1.30. The first-order valence-electron chi connectivity index (χ1n) is 11.6. The molecular weight excluding hydrogens is 505 g/mol. The van der Waals surface area contributed by atoms with Gasteiger partial charge in [0.2, 0.25) is 17.6 Å². The first kappa shape index (κ1) is 26.1. The van der Waals surface area contributed by atoms with Crippen LogP contribution in [0.4, 0.5) is 5.69 Å². The lowest BCUT2D eigenvalue weighted by Gasteiger charge is -2.30. The number of nitrogens with zero attached hydrogens (tertiary/aromatic N) is 3. The number of hydrogen-bond acceptors (Lipinski definition) is 7. The molecule has 2 N–H and O–H groups in total. The molecule has 190 valence electrons. The molecule has 2 amide bonds. The highest BCUT2D eigenvalue weighted by atomic mass is 35.5. The number of ether oxygens (including phenoxy) is 1. The molecule has 0 saturated carbocycles. The number of anilines is 1. The Morgan fingerprint density at radius 1 is 1.17 bits per heavy atom. The molecule has 4 rings (SSSR count). The number of amides is 2. The number of rotatable bonds is 9. The molecule has 1 aliphatic heterocycles. The van der Waals surface area contributed by atoms with E-state index in [1.54, 1.807) is 49.6 Å². The lowest BCUT2D eigenvalue weighted by molar-refractivity contribution is -0.121. The fourth-order valence-corrected chi connectivity index (χ4v) is 4.52. The van der Waals surface area contributed by atoms with E-state index in [0.29, 0.717) is 84.2 Å². The number of halogens is 2. The smallest absolute Gasteiger partial charge is 0.253 e. The molecule has 1 aliphatic rings. The van der Waals surface area contributed by atoms with Crippen molar-refractivity contribution in [1.29, 1.82) is 0 Å². The maximum absolute atomic E-state index is 12.9. The fraction of sp³-hybridized carbons (Fsp3) is 0.360. The number of methoxy groups -OCH3 is 1. The number of nitrogens with one attached hydrogen (secondary N) is 2. The summed E-state index contributed by atoms with van der Waals surface area (Å²) in [5.74, 6) is 0.385. The lowest BCUT2D eigenvalue weighted by Crippen LogP contribution is -2.38. The molecule has 1 saturated heterocycles. The van der Waals surface area contributed by atoms with Crippen molar-refractivity contribution in [2.75, 3.05) is 38.7 Å². The third-order valence-electron chi connectivity index (χ3n) is 5.98. The maximum atomic E-state index is 12.9. The number of hydrogen-bond donors (Lipinski definition) is 2. The predicted molar refractivity (Wildman–Crippen MR) is 137 cm³/mol. The van der Waals surface area contributed by atoms with E-state index < -0.39 is 0 Å². The molecule has 11 heteroatoms. The van der Waals surface area contributed by atoms with Crippen LogP contribution in [0.2, 0.25) is 10.0 Å². The minimum absolute atomic E-state index is 0.0933. The molecule has 1 fully saturated rings. The van der Waals surface area contributed by atoms with Crippen LogP contribution >= 0.6 is 23.2 Å². The Morgan fingerprint density at radius 3 is 2.69 bits per heavy atom. The van der Waals surface area contributed by atoms with Crippen LogP contribution in [-0.4, -0.2) is 60.2 Å². The average Bonchev–Trinajstić information content (AvgIpc) is 3.33. The van der Waals surface area contributed by atoms with Gasteiger partial charge in [0, 0.05) is 30.2 Å². The van der Waals surface area contributed by atoms with E-state index in [-0.39, 0.29) is 17.7 Å². The molecule has 2 aromatic carbocycles. The number of benzene rings is 2. The van der Waals surface area contributed by atoms with Crippen molar-refractivity contribution in [2.24, 2.45) is 5.92 Å². The molecule has 0 unspecified atom stereocenters. The molecule has 0 aliphatic carbocycles. The van der Waals surface area contributed by atoms with E-state index in [1.807, 2.05) is 0 Å². The average molecular weight is 532 g/mol. The van der Waals surface area contributed by atoms with E-state index in [1.165, 1.54) is 0 Å². The fourth-order valence-electron chi connectivity index (χ4n) is 4.03. The number of piperidine rings is 1. The van der Waals surface area contributed by atoms with Crippen LogP contribution in [-0.2, 0) is 16.1 Å². The van der Waals surface area contributed by atoms with Crippen LogP contribution in [0.5, 0.6) is 0 Å². The van der Waals surface area contributed by atoms with Crippen molar-refractivity contribution >= 4 is 40.7 Å². The predicted octanol–water partition coefficient (Wildman–Crippen LogP) is 4.27. The quantitative estimate of drug-likeness (QED) is 0.396. The van der Waals surface area contributed by atoms with Crippen molar-refractivity contribution < 1.29 is 18.8 Å². The van der Waals surface area contributed by atoms with Crippen LogP contribution in [0.1, 0.15) is 29.1 Å². The highest BCUT2D eigenvalue weighted by Crippen LogP contribution is 2.29. The van der Waals surface area contributed by atoms with Gasteiger partial charge in [0.25, 0.3) is 5.91 Å². The highest BCUT2D eigenvalue weighted by Gasteiger charge is 2.27. The van der Waals surface area contributed by atoms with E-state index in [0.717, 1.165) is 0 Å². The Labute approximate surface area is 219 Å². The molecule has 1 aromatic heterocycles. The van der Waals surface area contributed by atoms with Gasteiger partial charge in [0.15, 0.2) is 0 Å². The second-order valence-electron chi connectivity index (χ2n) is 8.47. The van der Waals surface area contributed by atoms with Gasteiger partial charge in [-0.05, 0) is 56.3 Å². The second-order valence-corrected chi connectivity index (χ2v) is 9.31. The Kier molecular flexibility index (Phi) is 8.93. The molecule has 0 radical (unpaired) electrons. The van der Waals surface area contributed by atoms with Gasteiger partial charge in [-0.1, -0.05) is 40.5 Å². The summed E-state index contributed by atoms with van der Waals surface area (Å²) in [6.45, 7) is 2.70. The zero-order valence-electron chi connectivity index (χ0n) is 19.8. The summed E-state index contributed by atoms with van der Waals surface area (Å²) in [7, 11) is 1.57. The molecule has 0 spiro atoms. The standard InChI is InChI=1S/C25H27Cl2N5O4/c1-35-13-10-28-25(34)19-4-2-3-5-21(19)29-24(33)16-8-11-32(12-9-16)15-22-30-23(31-36-22)18-7-6-17(26)14-20(18)27/h2-7,14,16H,8-13,15H2,1H3,(H,28,34)(H,29,33). The van der Waals surface area contributed by atoms with Gasteiger partial charge in [0.05, 0.1) is 29.4 Å². The third kappa shape index (κ3) is 6.61. The van der Waals surface area contributed by atoms with Gasteiger partial charge < -0.3 is 19.9 Å². The highest BCUT2D eigenvalue weighted by molar-refractivity contribution is 6.36. The molecule has 2 heterocycles. The van der Waals surface area contributed by atoms with Gasteiger partial charge in [0.1, 0.15) is 0 Å². The van der Waals surface area contributed by atoms with Crippen molar-refractivity contribution in [1.82, 2.24) is 20.4 Å². The van der Waals surface area contributed by atoms with Crippen molar-refractivity contribution in [3.05, 3.63) is 64.0 Å². The number of para-hydroxylation sites is 1. The number of likely N-dealkylation sites (tertiary alicyclic amines) is 1. The number of aromatic nitrogens is 2. The minimum Gasteiger partial charge on any atom is -0.383 e. The van der Waals surface area contributed by atoms with Gasteiger partial charge >= 0.3 is 0 Å². The van der Waals surface area contributed by atoms with Crippen molar-refractivity contribution in [3.8, 4) is 11.4 Å². The summed E-state index contributed by atoms with van der Waals surface area (Å²) >= 11 is 12.2. The minimum atomic E-state index is -0.253. The number of carbonyl (C=O) groups excluding carboxylic acids is 2. The third-order valence-corrected chi connectivity index (χ3v) is 6.53. The van der Waals surface area contributed by atoms with Crippen LogP contribution < -0.4 is 10.6 Å². The number of carbonyl (C=O) groups is 2. The van der Waals surface area contributed by atoms with Gasteiger partial charge in [-0.25, -0.2) is 0 Å². The topological polar surface area (TPSA) is 110 Å². The maximum Gasteiger partial charge on any atom is 0.253 e. The second kappa shape index (κ2) is 12.3. The zero-order chi connectivity index (χ0) is 25.5. The normalized spacial score (nSPS) is 14.5. The molecule has 9 nitrogen and oxygen atoms in total. The van der Waals surface area contributed by atoms with E-state index in [9.17, 15) is 9.59 Å². The lowest BCUT2D eigenvalue weighted by atomic mass is 9.95. The van der Waals surface area contributed by atoms with E-state index >= 15 is 0 Å². The van der Waals surface area contributed by atoms with Crippen molar-refractivity contribution in [2.45, 2.75) is 19.4 Å². The van der Waals surface area contributed by atoms with Crippen molar-refractivity contribution in [3.63, 3.8) is 0 Å². The summed E-state index contributed by atoms with van der Waals surface area (Å²) in [5.41, 5.74) is 1.57. The van der Waals surface area contributed by atoms with Gasteiger partial charge in [-0.2, -0.15) is 4.98 Å². The molecule has 0 atom stereocenters. The summed E-state index contributed by atoms with van der Waals surface area (Å²) in [5, 5.41) is 10.7. The summed E-state index contributed by atoms with van der Waals surface area (Å²) in [6.07, 6.45) is 1.36. The van der Waals surface area contributed by atoms with E-state index in [4.69, 9.17) is 32.5 Å². The summed E-state index contributed by atoms with van der Waals surface area (Å²) in [4.78, 5) is 32.0. The molecule has 0 bridgehead atoms. The van der Waals surface area contributed by atoms with Crippen LogP contribution in [0, 0.1) is 5.92 Å². The molecule has 3 aromatic rings. The van der Waals surface area contributed by atoms with Crippen LogP contribution in [0.25, 0.3) is 11.4 Å². The summed E-state index contributed by atoms with van der Waals surface area (Å²) < 4.78 is 10.4. The van der Waals surface area contributed by atoms with Gasteiger partial charge in [-0.3, -0.25) is 14.5 Å². The first-order valence-corrected chi connectivity index (χ1v) is 12.4. The largest absolute Gasteiger partial charge is 0.383 e. The Bertz CT molecular complexity index is 1210. The zero-order valence-corrected chi connectivity index (χ0v) is 21.3. The SMILES string of the molecule is COCCNC(=O)c1ccccc1NC(=O)C1CCN(Cc2nc(-c3ccc(Cl)cc3Cl)no2)CC1. The van der Waals surface area contributed by atoms with Gasteiger partial charge in [-0.15, -0.1) is 0 Å². The first-order chi connectivity index (χ1) is 17.4. The molecular formula is C25H27Cl2N5O4. The molecule has 36 heavy (non-hydrogen) atoms. The Morgan fingerprint density at radius 2 is 1.94 bits per heavy atom. The van der Waals surface area contributed by atoms with Crippen LogP contribution in [0.3, 0.4) is 0 Å². The van der Waals surface area contributed by atoms with Crippen LogP contribution in [0.15, 0.2) is 47.0 Å². The Hall–Kier alpha value is -2.98. The monoisotopic (exact) mass is 531 g/mol. The summed E-state index contributed by atoms with van der Waals surface area (Å²) in [6, 6.07) is 12.1.